The number of hydrogen-bond acceptors (Lipinski definition) is 5. The van der Waals surface area contributed by atoms with E-state index in [4.69, 9.17) is 4.74 Å². The van der Waals surface area contributed by atoms with Crippen LogP contribution < -0.4 is 0 Å². The van der Waals surface area contributed by atoms with Crippen LogP contribution in [0.1, 0.15) is 22.8 Å². The van der Waals surface area contributed by atoms with E-state index in [2.05, 4.69) is 4.74 Å². The zero-order valence-corrected chi connectivity index (χ0v) is 10.2. The number of ether oxygens (including phenoxy) is 2. The molecule has 0 amide bonds. The van der Waals surface area contributed by atoms with Gasteiger partial charge in [-0.1, -0.05) is 12.1 Å². The van der Waals surface area contributed by atoms with Gasteiger partial charge < -0.3 is 14.6 Å². The van der Waals surface area contributed by atoms with Gasteiger partial charge in [0.05, 0.1) is 13.7 Å². The van der Waals surface area contributed by atoms with Gasteiger partial charge in [0, 0.05) is 11.6 Å². The summed E-state index contributed by atoms with van der Waals surface area (Å²) in [5.74, 6) is -1.39. The highest BCUT2D eigenvalue weighted by atomic mass is 16.5. The molecule has 1 aromatic rings. The molecule has 5 heteroatoms. The topological polar surface area (TPSA) is 72.8 Å². The van der Waals surface area contributed by atoms with Crippen LogP contribution in [-0.2, 0) is 14.3 Å². The molecule has 0 spiro atoms. The second-order valence-corrected chi connectivity index (χ2v) is 3.32. The monoisotopic (exact) mass is 250 g/mol. The van der Waals surface area contributed by atoms with Gasteiger partial charge in [-0.25, -0.2) is 9.59 Å². The fourth-order valence-corrected chi connectivity index (χ4v) is 1.32. The second kappa shape index (κ2) is 6.44. The highest BCUT2D eigenvalue weighted by Crippen LogP contribution is 2.24. The third-order valence-electron chi connectivity index (χ3n) is 2.16. The van der Waals surface area contributed by atoms with E-state index in [-0.39, 0.29) is 17.9 Å². The van der Waals surface area contributed by atoms with E-state index in [1.807, 2.05) is 0 Å². The zero-order valence-electron chi connectivity index (χ0n) is 10.2. The van der Waals surface area contributed by atoms with Gasteiger partial charge in [-0.05, 0) is 19.1 Å². The number of carbonyl (C=O) groups is 2. The second-order valence-electron chi connectivity index (χ2n) is 3.32. The third-order valence-corrected chi connectivity index (χ3v) is 2.16. The highest BCUT2D eigenvalue weighted by Gasteiger charge is 2.13. The first-order valence-electron chi connectivity index (χ1n) is 5.35. The van der Waals surface area contributed by atoms with Gasteiger partial charge in [-0.2, -0.15) is 0 Å². The van der Waals surface area contributed by atoms with E-state index in [1.54, 1.807) is 19.1 Å². The van der Waals surface area contributed by atoms with Gasteiger partial charge in [0.1, 0.15) is 11.3 Å². The number of rotatable bonds is 4. The molecule has 1 rings (SSSR count). The largest absolute Gasteiger partial charge is 0.506 e. The molecule has 0 aliphatic rings. The summed E-state index contributed by atoms with van der Waals surface area (Å²) in [5, 5.41) is 9.83. The number of phenols is 1. The maximum absolute atomic E-state index is 11.3. The Morgan fingerprint density at radius 1 is 1.39 bits per heavy atom. The van der Waals surface area contributed by atoms with Crippen LogP contribution in [0.25, 0.3) is 6.08 Å². The zero-order chi connectivity index (χ0) is 13.5. The Morgan fingerprint density at radius 2 is 2.11 bits per heavy atom. The van der Waals surface area contributed by atoms with E-state index in [9.17, 15) is 14.7 Å². The van der Waals surface area contributed by atoms with Crippen LogP contribution in [0.3, 0.4) is 0 Å². The molecule has 1 aromatic carbocycles. The first-order valence-corrected chi connectivity index (χ1v) is 5.35. The molecule has 0 fully saturated rings. The number of phenolic OH excluding ortho intramolecular Hbond substituents is 1. The van der Waals surface area contributed by atoms with Crippen molar-refractivity contribution in [1.82, 2.24) is 0 Å². The van der Waals surface area contributed by atoms with Gasteiger partial charge in [0.15, 0.2) is 0 Å². The molecule has 5 nitrogen and oxygen atoms in total. The summed E-state index contributed by atoms with van der Waals surface area (Å²) in [6.07, 6.45) is 2.55. The molecule has 0 unspecified atom stereocenters. The highest BCUT2D eigenvalue weighted by molar-refractivity contribution is 5.94. The molecule has 0 aromatic heterocycles. The van der Waals surface area contributed by atoms with Crippen LogP contribution in [0.4, 0.5) is 0 Å². The number of esters is 2. The molecular formula is C13H14O5. The lowest BCUT2D eigenvalue weighted by molar-refractivity contribution is -0.137. The molecule has 96 valence electrons. The van der Waals surface area contributed by atoms with Crippen molar-refractivity contribution in [3.63, 3.8) is 0 Å². The Labute approximate surface area is 105 Å². The minimum absolute atomic E-state index is 0.0449. The van der Waals surface area contributed by atoms with Crippen molar-refractivity contribution in [2.24, 2.45) is 0 Å². The van der Waals surface area contributed by atoms with Crippen molar-refractivity contribution in [2.75, 3.05) is 13.7 Å². The fraction of sp³-hybridized carbons (Fsp3) is 0.231. The molecule has 0 radical (unpaired) electrons. The summed E-state index contributed by atoms with van der Waals surface area (Å²) in [6.45, 7) is 1.97. The average molecular weight is 250 g/mol. The van der Waals surface area contributed by atoms with Crippen molar-refractivity contribution >= 4 is 18.0 Å². The Kier molecular flexibility index (Phi) is 4.92. The number of hydrogen-bond donors (Lipinski definition) is 1. The summed E-state index contributed by atoms with van der Waals surface area (Å²) in [5.41, 5.74) is 0.384. The lowest BCUT2D eigenvalue weighted by Crippen LogP contribution is -2.02. The fourth-order valence-electron chi connectivity index (χ4n) is 1.32. The Bertz CT molecular complexity index is 476. The number of para-hydroxylation sites is 1. The number of carbonyl (C=O) groups excluding carboxylic acids is 2. The molecular weight excluding hydrogens is 236 g/mol. The lowest BCUT2D eigenvalue weighted by Gasteiger charge is -2.05. The van der Waals surface area contributed by atoms with Crippen LogP contribution in [0.2, 0.25) is 0 Å². The van der Waals surface area contributed by atoms with Crippen LogP contribution in [-0.4, -0.2) is 30.8 Å². The van der Waals surface area contributed by atoms with E-state index in [0.29, 0.717) is 5.56 Å². The number of benzene rings is 1. The summed E-state index contributed by atoms with van der Waals surface area (Å²) >= 11 is 0. The van der Waals surface area contributed by atoms with E-state index >= 15 is 0 Å². The first kappa shape index (κ1) is 13.8. The number of methoxy groups -OCH3 is 1. The predicted octanol–water partition coefficient (Wildman–Crippen LogP) is 1.76. The van der Waals surface area contributed by atoms with Crippen molar-refractivity contribution < 1.29 is 24.2 Å². The Balaban J connectivity index is 2.97. The lowest BCUT2D eigenvalue weighted by atomic mass is 10.1. The van der Waals surface area contributed by atoms with Gasteiger partial charge in [0.25, 0.3) is 0 Å². The molecule has 0 heterocycles. The molecule has 0 bridgehead atoms. The first-order chi connectivity index (χ1) is 8.60. The maximum atomic E-state index is 11.3. The summed E-state index contributed by atoms with van der Waals surface area (Å²) < 4.78 is 9.22. The van der Waals surface area contributed by atoms with Crippen molar-refractivity contribution in [3.8, 4) is 5.75 Å². The van der Waals surface area contributed by atoms with E-state index in [1.165, 1.54) is 25.3 Å². The molecule has 0 atom stereocenters. The van der Waals surface area contributed by atoms with Crippen LogP contribution in [0.5, 0.6) is 5.75 Å². The van der Waals surface area contributed by atoms with Gasteiger partial charge >= 0.3 is 11.9 Å². The maximum Gasteiger partial charge on any atom is 0.341 e. The minimum atomic E-state index is -0.640. The Hall–Kier alpha value is -2.30. The van der Waals surface area contributed by atoms with Gasteiger partial charge in [-0.15, -0.1) is 0 Å². The standard InChI is InChI=1S/C13H14O5/c1-3-18-11(14)8-7-9-5-4-6-10(12(9)15)13(16)17-2/h4-8,15H,3H2,1-2H3/b8-7+. The molecule has 0 saturated heterocycles. The smallest absolute Gasteiger partial charge is 0.341 e. The molecule has 0 saturated carbocycles. The molecule has 0 aliphatic carbocycles. The quantitative estimate of drug-likeness (QED) is 0.651. The summed E-state index contributed by atoms with van der Waals surface area (Å²) in [4.78, 5) is 22.4. The average Bonchev–Trinajstić information content (AvgIpc) is 2.37. The molecule has 1 N–H and O–H groups in total. The molecule has 18 heavy (non-hydrogen) atoms. The van der Waals surface area contributed by atoms with Crippen LogP contribution in [0.15, 0.2) is 24.3 Å². The van der Waals surface area contributed by atoms with Crippen molar-refractivity contribution in [1.29, 1.82) is 0 Å². The van der Waals surface area contributed by atoms with Crippen LogP contribution >= 0.6 is 0 Å². The normalized spacial score (nSPS) is 10.3. The Morgan fingerprint density at radius 3 is 2.72 bits per heavy atom. The third kappa shape index (κ3) is 3.35. The van der Waals surface area contributed by atoms with Crippen LogP contribution in [0, 0.1) is 0 Å². The van der Waals surface area contributed by atoms with Crippen molar-refractivity contribution in [3.05, 3.63) is 35.4 Å². The van der Waals surface area contributed by atoms with E-state index in [0.717, 1.165) is 0 Å². The SMILES string of the molecule is CCOC(=O)/C=C/c1cccc(C(=O)OC)c1O. The summed E-state index contributed by atoms with van der Waals surface area (Å²) in [6, 6.07) is 4.58. The van der Waals surface area contributed by atoms with Crippen molar-refractivity contribution in [2.45, 2.75) is 6.92 Å². The minimum Gasteiger partial charge on any atom is -0.506 e. The molecule has 0 aliphatic heterocycles. The summed E-state index contributed by atoms with van der Waals surface area (Å²) in [7, 11) is 1.23. The predicted molar refractivity (Wildman–Crippen MR) is 65.1 cm³/mol. The van der Waals surface area contributed by atoms with Gasteiger partial charge in [-0.3, -0.25) is 0 Å². The van der Waals surface area contributed by atoms with E-state index < -0.39 is 11.9 Å². The number of aromatic hydroxyl groups is 1. The van der Waals surface area contributed by atoms with Gasteiger partial charge in [0.2, 0.25) is 0 Å².